The monoisotopic (exact) mass is 573 g/mol. The molecule has 214 valence electrons. The Balaban J connectivity index is 1.32. The lowest BCUT2D eigenvalue weighted by molar-refractivity contribution is -0.140. The molecule has 9 heteroatoms. The Bertz CT molecular complexity index is 1500. The molecule has 0 aliphatic carbocycles. The van der Waals surface area contributed by atoms with E-state index < -0.39 is 28.7 Å². The smallest absolute Gasteiger partial charge is 0.248 e. The number of likely N-dealkylation sites (tertiary alicyclic amines) is 1. The third kappa shape index (κ3) is 4.46. The molecule has 0 radical (unpaired) electrons. The van der Waals surface area contributed by atoms with E-state index in [1.54, 1.807) is 47.9 Å². The summed E-state index contributed by atoms with van der Waals surface area (Å²) in [6.45, 7) is 6.02. The number of fused-ring (bicyclic) bond motifs is 2. The van der Waals surface area contributed by atoms with Gasteiger partial charge in [0.05, 0.1) is 35.8 Å². The average molecular weight is 574 g/mol. The molecule has 1 spiro atoms. The largest absolute Gasteiger partial charge is 0.494 e. The molecule has 0 saturated carbocycles. The zero-order chi connectivity index (χ0) is 28.9. The van der Waals surface area contributed by atoms with Crippen LogP contribution >= 0.6 is 11.8 Å². The first-order chi connectivity index (χ1) is 19.8. The lowest BCUT2D eigenvalue weighted by Crippen LogP contribution is -2.56. The number of carbonyl (C=O) groups is 3. The Labute approximate surface area is 243 Å². The van der Waals surface area contributed by atoms with Gasteiger partial charge in [0.1, 0.15) is 11.8 Å². The van der Waals surface area contributed by atoms with Crippen molar-refractivity contribution in [1.29, 1.82) is 0 Å². The van der Waals surface area contributed by atoms with Gasteiger partial charge in [0.15, 0.2) is 0 Å². The summed E-state index contributed by atoms with van der Waals surface area (Å²) < 4.78 is 4.73. The van der Waals surface area contributed by atoms with E-state index in [1.807, 2.05) is 49.4 Å². The van der Waals surface area contributed by atoms with Crippen molar-refractivity contribution in [3.8, 4) is 5.75 Å². The predicted octanol–water partition coefficient (Wildman–Crippen LogP) is 4.53. The molecule has 7 atom stereocenters. The van der Waals surface area contributed by atoms with Crippen LogP contribution in [0.3, 0.4) is 0 Å². The van der Waals surface area contributed by atoms with E-state index in [-0.39, 0.29) is 35.5 Å². The highest BCUT2D eigenvalue weighted by Crippen LogP contribution is 2.68. The van der Waals surface area contributed by atoms with Crippen LogP contribution in [0.2, 0.25) is 0 Å². The number of thioether (sulfide) groups is 1. The first kappa shape index (κ1) is 27.6. The van der Waals surface area contributed by atoms with Crippen molar-refractivity contribution in [2.45, 2.75) is 49.3 Å². The highest BCUT2D eigenvalue weighted by atomic mass is 32.2. The predicted molar refractivity (Wildman–Crippen MR) is 161 cm³/mol. The Kier molecular flexibility index (Phi) is 7.20. The molecule has 3 unspecified atom stereocenters. The van der Waals surface area contributed by atoms with Crippen molar-refractivity contribution in [2.24, 2.45) is 17.8 Å². The lowest BCUT2D eigenvalue weighted by Gasteiger charge is -2.39. The average Bonchev–Trinajstić information content (AvgIpc) is 3.57. The van der Waals surface area contributed by atoms with Crippen molar-refractivity contribution in [1.82, 2.24) is 4.90 Å². The minimum absolute atomic E-state index is 0.0317. The Hall–Kier alpha value is -3.56. The van der Waals surface area contributed by atoms with Crippen LogP contribution in [0.25, 0.3) is 10.8 Å². The first-order valence-corrected chi connectivity index (χ1v) is 15.1. The van der Waals surface area contributed by atoms with Crippen LogP contribution in [0, 0.1) is 17.8 Å². The van der Waals surface area contributed by atoms with Gasteiger partial charge in [-0.1, -0.05) is 37.3 Å². The van der Waals surface area contributed by atoms with E-state index in [2.05, 4.69) is 17.6 Å². The van der Waals surface area contributed by atoms with E-state index in [0.717, 1.165) is 17.2 Å². The molecule has 41 heavy (non-hydrogen) atoms. The summed E-state index contributed by atoms with van der Waals surface area (Å²) in [5.41, 5.74) is 1.28. The molecule has 0 aromatic heterocycles. The highest BCUT2D eigenvalue weighted by molar-refractivity contribution is 8.02. The maximum Gasteiger partial charge on any atom is 0.248 e. The Morgan fingerprint density at radius 3 is 2.44 bits per heavy atom. The van der Waals surface area contributed by atoms with Crippen LogP contribution < -0.4 is 15.4 Å². The normalized spacial score (nSPS) is 28.9. The molecule has 3 aliphatic heterocycles. The molecular formula is C32H35N3O5S. The van der Waals surface area contributed by atoms with Crippen LogP contribution in [-0.2, 0) is 14.4 Å². The van der Waals surface area contributed by atoms with E-state index in [9.17, 15) is 19.5 Å². The second kappa shape index (κ2) is 10.7. The summed E-state index contributed by atoms with van der Waals surface area (Å²) >= 11 is 1.61. The number of aliphatic hydroxyl groups excluding tert-OH is 1. The number of rotatable bonds is 8. The fourth-order valence-corrected chi connectivity index (χ4v) is 9.53. The molecule has 3 saturated heterocycles. The Morgan fingerprint density at radius 1 is 1.05 bits per heavy atom. The van der Waals surface area contributed by atoms with Gasteiger partial charge in [-0.15, -0.1) is 11.8 Å². The van der Waals surface area contributed by atoms with Crippen LogP contribution in [0.15, 0.2) is 66.7 Å². The van der Waals surface area contributed by atoms with Crippen molar-refractivity contribution < 1.29 is 24.2 Å². The number of hydrogen-bond donors (Lipinski definition) is 3. The van der Waals surface area contributed by atoms with Crippen LogP contribution in [0.4, 0.5) is 11.4 Å². The van der Waals surface area contributed by atoms with Gasteiger partial charge in [-0.05, 0) is 73.4 Å². The number of hydrogen-bond acceptors (Lipinski definition) is 6. The summed E-state index contributed by atoms with van der Waals surface area (Å²) in [7, 11) is 0. The minimum atomic E-state index is -0.818. The molecule has 3 heterocycles. The number of nitrogens with one attached hydrogen (secondary N) is 2. The van der Waals surface area contributed by atoms with Gasteiger partial charge in [-0.3, -0.25) is 14.4 Å². The summed E-state index contributed by atoms with van der Waals surface area (Å²) in [6, 6.07) is 19.5. The van der Waals surface area contributed by atoms with Gasteiger partial charge in [0, 0.05) is 16.6 Å². The Morgan fingerprint density at radius 2 is 1.73 bits per heavy atom. The number of nitrogens with zero attached hydrogens (tertiary/aromatic N) is 1. The molecule has 3 aromatic rings. The SMILES string of the molecule is CCOc1ccc(NC(=O)[C@@H]2[C@H]3C(=O)N([C@H](C)CO)C(C(=O)Nc4ccc5ccccc5c4)C34S[C@@H]2CC4C)cc1. The van der Waals surface area contributed by atoms with E-state index >= 15 is 0 Å². The zero-order valence-corrected chi connectivity index (χ0v) is 24.2. The molecule has 3 aromatic carbocycles. The number of ether oxygens (including phenoxy) is 1. The topological polar surface area (TPSA) is 108 Å². The van der Waals surface area contributed by atoms with Crippen LogP contribution in [0.5, 0.6) is 5.75 Å². The molecule has 2 bridgehead atoms. The highest BCUT2D eigenvalue weighted by Gasteiger charge is 2.76. The van der Waals surface area contributed by atoms with Crippen molar-refractivity contribution in [3.63, 3.8) is 0 Å². The second-order valence-electron chi connectivity index (χ2n) is 11.3. The molecule has 3 N–H and O–H groups in total. The zero-order valence-electron chi connectivity index (χ0n) is 23.4. The lowest BCUT2D eigenvalue weighted by atomic mass is 9.66. The number of aliphatic hydroxyl groups is 1. The molecule has 6 rings (SSSR count). The van der Waals surface area contributed by atoms with Gasteiger partial charge in [-0.2, -0.15) is 0 Å². The van der Waals surface area contributed by atoms with E-state index in [4.69, 9.17) is 4.74 Å². The van der Waals surface area contributed by atoms with Crippen molar-refractivity contribution >= 4 is 51.6 Å². The van der Waals surface area contributed by atoms with Gasteiger partial charge in [0.25, 0.3) is 0 Å². The summed E-state index contributed by atoms with van der Waals surface area (Å²) in [6.07, 6.45) is 0.733. The number of anilines is 2. The second-order valence-corrected chi connectivity index (χ2v) is 12.9. The number of carbonyl (C=O) groups excluding carboxylic acids is 3. The maximum atomic E-state index is 14.2. The molecule has 8 nitrogen and oxygen atoms in total. The van der Waals surface area contributed by atoms with Gasteiger partial charge < -0.3 is 25.4 Å². The van der Waals surface area contributed by atoms with Gasteiger partial charge in [0.2, 0.25) is 17.7 Å². The molecule has 3 fully saturated rings. The van der Waals surface area contributed by atoms with Crippen molar-refractivity contribution in [2.75, 3.05) is 23.8 Å². The minimum Gasteiger partial charge on any atom is -0.494 e. The van der Waals surface area contributed by atoms with Gasteiger partial charge in [-0.25, -0.2) is 0 Å². The van der Waals surface area contributed by atoms with E-state index in [0.29, 0.717) is 23.7 Å². The van der Waals surface area contributed by atoms with Crippen molar-refractivity contribution in [3.05, 3.63) is 66.7 Å². The van der Waals surface area contributed by atoms with E-state index in [1.165, 1.54) is 0 Å². The fourth-order valence-electron chi connectivity index (χ4n) is 7.13. The fraction of sp³-hybridized carbons (Fsp3) is 0.406. The third-order valence-electron chi connectivity index (χ3n) is 8.92. The maximum absolute atomic E-state index is 14.2. The quantitative estimate of drug-likeness (QED) is 0.366. The molecular weight excluding hydrogens is 538 g/mol. The summed E-state index contributed by atoms with van der Waals surface area (Å²) in [5.74, 6) is -1.24. The standard InChI is InChI=1S/C32H35N3O5S/c1-4-40-24-13-11-22(12-14-24)33-29(37)26-25-15-18(2)32(41-25)27(26)31(39)35(19(3)17-36)28(32)30(38)34-23-10-9-20-7-5-6-8-21(20)16-23/h5-14,16,18-19,25-28,36H,4,15,17H2,1-3H3,(H,33,37)(H,34,38)/t18?,19-,25-,26+,27+,28?,32?/m1/s1. The first-order valence-electron chi connectivity index (χ1n) is 14.2. The van der Waals surface area contributed by atoms with Crippen LogP contribution in [-0.4, -0.2) is 63.0 Å². The summed E-state index contributed by atoms with van der Waals surface area (Å²) in [4.78, 5) is 43.6. The number of benzene rings is 3. The molecule has 3 amide bonds. The molecule has 3 aliphatic rings. The van der Waals surface area contributed by atoms with Gasteiger partial charge >= 0.3 is 0 Å². The summed E-state index contributed by atoms with van der Waals surface area (Å²) in [5, 5.41) is 18.2. The number of amides is 3. The third-order valence-corrected chi connectivity index (χ3v) is 11.0. The van der Waals surface area contributed by atoms with Crippen LogP contribution in [0.1, 0.15) is 27.2 Å².